The van der Waals surface area contributed by atoms with Crippen LogP contribution in [0.1, 0.15) is 44.6 Å². The topological polar surface area (TPSA) is 235 Å². The van der Waals surface area contributed by atoms with Crippen LogP contribution in [0, 0.1) is 5.41 Å². The zero-order valence-corrected chi connectivity index (χ0v) is 33.1. The quantitative estimate of drug-likeness (QED) is 0.109. The number of benzene rings is 3. The van der Waals surface area contributed by atoms with Crippen molar-refractivity contribution in [3.05, 3.63) is 112 Å². The van der Waals surface area contributed by atoms with Gasteiger partial charge in [0.05, 0.1) is 26.4 Å². The van der Waals surface area contributed by atoms with E-state index in [1.54, 1.807) is 36.4 Å². The summed E-state index contributed by atoms with van der Waals surface area (Å²) in [5, 5.41) is 56.1. The first-order chi connectivity index (χ1) is 29.5. The normalized spacial score (nSPS) is 33.4. The Labute approximate surface area is 350 Å². The predicted octanol–water partition coefficient (Wildman–Crippen LogP) is -0.366. The molecule has 2 bridgehead atoms. The van der Waals surface area contributed by atoms with E-state index in [0.29, 0.717) is 24.0 Å². The molecule has 0 radical (unpaired) electrons. The summed E-state index contributed by atoms with van der Waals surface area (Å²) in [5.74, 6) is -2.38. The van der Waals surface area contributed by atoms with Gasteiger partial charge in [0.2, 0.25) is 5.91 Å². The molecular formula is C44H49N3O14. The lowest BCUT2D eigenvalue weighted by atomic mass is 9.62. The number of rotatable bonds is 13. The molecule has 6 aliphatic rings. The van der Waals surface area contributed by atoms with Crippen LogP contribution in [0.2, 0.25) is 0 Å². The highest BCUT2D eigenvalue weighted by atomic mass is 16.8. The third kappa shape index (κ3) is 7.67. The average Bonchev–Trinajstić information content (AvgIpc) is 3.95. The Bertz CT molecular complexity index is 2130. The average molecular weight is 844 g/mol. The lowest BCUT2D eigenvalue weighted by molar-refractivity contribution is -0.298. The van der Waals surface area contributed by atoms with Crippen LogP contribution in [0.5, 0.6) is 0 Å². The Morgan fingerprint density at radius 3 is 2.38 bits per heavy atom. The fourth-order valence-corrected chi connectivity index (χ4v) is 9.65. The van der Waals surface area contributed by atoms with E-state index in [0.717, 1.165) is 22.3 Å². The lowest BCUT2D eigenvalue weighted by Crippen LogP contribution is -2.69. The molecule has 1 spiro atoms. The summed E-state index contributed by atoms with van der Waals surface area (Å²) in [6.07, 6.45) is -5.34. The lowest BCUT2D eigenvalue weighted by Gasteiger charge is -2.48. The molecule has 5 fully saturated rings. The van der Waals surface area contributed by atoms with Crippen LogP contribution in [0.4, 0.5) is 0 Å². The molecule has 17 nitrogen and oxygen atoms in total. The molecule has 0 unspecified atom stereocenters. The summed E-state index contributed by atoms with van der Waals surface area (Å²) in [7, 11) is 0. The Kier molecular flexibility index (Phi) is 11.6. The molecular weight excluding hydrogens is 794 g/mol. The predicted molar refractivity (Wildman–Crippen MR) is 210 cm³/mol. The van der Waals surface area contributed by atoms with E-state index >= 15 is 0 Å². The van der Waals surface area contributed by atoms with E-state index in [1.807, 2.05) is 48.5 Å². The zero-order valence-electron chi connectivity index (χ0n) is 33.1. The number of fused-ring (bicyclic) bond motifs is 5. The Hall–Kier alpha value is -4.63. The number of ether oxygens (including phenoxy) is 5. The number of carbonyl (C=O) groups is 3. The first-order valence-corrected chi connectivity index (χ1v) is 20.5. The van der Waals surface area contributed by atoms with Gasteiger partial charge in [-0.3, -0.25) is 19.2 Å². The summed E-state index contributed by atoms with van der Waals surface area (Å²) in [5.41, 5.74) is 3.40. The van der Waals surface area contributed by atoms with E-state index in [9.17, 15) is 34.8 Å². The van der Waals surface area contributed by atoms with Gasteiger partial charge in [0.25, 0.3) is 5.91 Å². The standard InChI is InChI=1S/C44H49N3O14/c48-15-14-45-39(53)27-9-3-5-26(17-27)21-46-42(55)44-20-30-35-36(60-43(59-35)18-28-7-1-2-8-29(28)19-43)38(44)61-47(37(44)40(54)57-30)22-25-12-10-24(11-13-25)6-4-16-56-41-34(52)33(51)32(50)31(23-49)58-41/h1-13,17,30-38,41,48-52H,14-16,18-23H2,(H,45,53)(H,46,55)/t30-,31-,32+,33+,34-,35+,36+,37+,38-,41+,44+/m1/s1. The molecule has 4 aliphatic heterocycles. The van der Waals surface area contributed by atoms with E-state index in [-0.39, 0.29) is 45.2 Å². The molecule has 4 saturated heterocycles. The molecule has 2 amide bonds. The first kappa shape index (κ1) is 41.7. The van der Waals surface area contributed by atoms with Crippen LogP contribution in [-0.4, -0.2) is 142 Å². The molecule has 3 aromatic rings. The van der Waals surface area contributed by atoms with Crippen molar-refractivity contribution in [1.29, 1.82) is 0 Å². The second kappa shape index (κ2) is 16.9. The monoisotopic (exact) mass is 843 g/mol. The van der Waals surface area contributed by atoms with Gasteiger partial charge < -0.3 is 59.9 Å². The van der Waals surface area contributed by atoms with Crippen molar-refractivity contribution < 1.29 is 68.4 Å². The Morgan fingerprint density at radius 2 is 1.64 bits per heavy atom. The number of nitrogens with zero attached hydrogens (tertiary/aromatic N) is 1. The minimum absolute atomic E-state index is 0.00487. The maximum atomic E-state index is 14.8. The second-order valence-electron chi connectivity index (χ2n) is 16.5. The van der Waals surface area contributed by atoms with Crippen molar-refractivity contribution >= 4 is 23.9 Å². The minimum atomic E-state index is -1.54. The molecule has 7 N–H and O–H groups in total. The Balaban J connectivity index is 0.929. The van der Waals surface area contributed by atoms with E-state index in [2.05, 4.69) is 10.6 Å². The summed E-state index contributed by atoms with van der Waals surface area (Å²) >= 11 is 0. The molecule has 1 saturated carbocycles. The van der Waals surface area contributed by atoms with Crippen LogP contribution in [0.15, 0.2) is 78.9 Å². The van der Waals surface area contributed by atoms with Gasteiger partial charge in [-0.1, -0.05) is 72.8 Å². The molecule has 17 heteroatoms. The van der Waals surface area contributed by atoms with Gasteiger partial charge in [-0.05, 0) is 39.9 Å². The van der Waals surface area contributed by atoms with Crippen molar-refractivity contribution in [2.45, 2.75) is 99.3 Å². The SMILES string of the molecule is O=C(NCCO)c1cccc(CNC(=O)[C@@]23C[C@H]4OC(=O)[C@@H]2N(Cc2ccc(C=CCO[C@H]5O[C@H](CO)[C@H](O)[C@H](O)[C@H]5O)cc2)O[C@@H]3[C@H]2OC3(Cc5ccccc5C3)O[C@H]24)c1. The number of hydrogen-bond donors (Lipinski definition) is 7. The van der Waals surface area contributed by atoms with Crippen molar-refractivity contribution in [2.24, 2.45) is 5.41 Å². The van der Waals surface area contributed by atoms with Gasteiger partial charge in [0.1, 0.15) is 54.2 Å². The number of amides is 2. The van der Waals surface area contributed by atoms with Crippen molar-refractivity contribution in [2.75, 3.05) is 26.4 Å². The van der Waals surface area contributed by atoms with Gasteiger partial charge in [-0.25, -0.2) is 0 Å². The van der Waals surface area contributed by atoms with Crippen molar-refractivity contribution in [1.82, 2.24) is 15.7 Å². The van der Waals surface area contributed by atoms with Gasteiger partial charge in [0.15, 0.2) is 18.1 Å². The fourth-order valence-electron chi connectivity index (χ4n) is 9.65. The molecule has 4 heterocycles. The minimum Gasteiger partial charge on any atom is -0.458 e. The summed E-state index contributed by atoms with van der Waals surface area (Å²) in [4.78, 5) is 48.3. The van der Waals surface area contributed by atoms with E-state index in [1.165, 1.54) is 5.06 Å². The summed E-state index contributed by atoms with van der Waals surface area (Å²) in [6.45, 7) is -0.467. The first-order valence-electron chi connectivity index (χ1n) is 20.5. The number of carbonyl (C=O) groups excluding carboxylic acids is 3. The molecule has 2 aliphatic carbocycles. The number of esters is 1. The van der Waals surface area contributed by atoms with Crippen LogP contribution >= 0.6 is 0 Å². The summed E-state index contributed by atoms with van der Waals surface area (Å²) < 4.78 is 30.6. The number of aliphatic hydroxyl groups is 5. The highest BCUT2D eigenvalue weighted by molar-refractivity contribution is 5.95. The van der Waals surface area contributed by atoms with Gasteiger partial charge >= 0.3 is 5.97 Å². The van der Waals surface area contributed by atoms with Crippen LogP contribution in [0.3, 0.4) is 0 Å². The number of hydrogen-bond acceptors (Lipinski definition) is 15. The van der Waals surface area contributed by atoms with Gasteiger partial charge in [-0.15, -0.1) is 0 Å². The zero-order chi connectivity index (χ0) is 42.5. The molecule has 3 aromatic carbocycles. The van der Waals surface area contributed by atoms with Crippen LogP contribution in [0.25, 0.3) is 6.08 Å². The molecule has 61 heavy (non-hydrogen) atoms. The molecule has 0 aromatic heterocycles. The second-order valence-corrected chi connectivity index (χ2v) is 16.5. The summed E-state index contributed by atoms with van der Waals surface area (Å²) in [6, 6.07) is 21.1. The number of hydroxylamine groups is 2. The number of nitrogens with one attached hydrogen (secondary N) is 2. The highest BCUT2D eigenvalue weighted by Gasteiger charge is 2.76. The maximum absolute atomic E-state index is 14.8. The largest absolute Gasteiger partial charge is 0.458 e. The Morgan fingerprint density at radius 1 is 0.885 bits per heavy atom. The maximum Gasteiger partial charge on any atom is 0.327 e. The third-order valence-electron chi connectivity index (χ3n) is 12.6. The highest BCUT2D eigenvalue weighted by Crippen LogP contribution is 2.58. The molecule has 11 atom stereocenters. The smallest absolute Gasteiger partial charge is 0.327 e. The molecule has 324 valence electrons. The fraction of sp³-hybridized carbons (Fsp3) is 0.477. The molecule has 9 rings (SSSR count). The van der Waals surface area contributed by atoms with Gasteiger partial charge in [0, 0.05) is 37.9 Å². The number of aliphatic hydroxyl groups excluding tert-OH is 5. The van der Waals surface area contributed by atoms with Gasteiger partial charge in [-0.2, -0.15) is 5.06 Å². The third-order valence-corrected chi connectivity index (χ3v) is 12.6. The van der Waals surface area contributed by atoms with Crippen LogP contribution < -0.4 is 10.6 Å². The van der Waals surface area contributed by atoms with Crippen LogP contribution in [-0.2, 0) is 64.0 Å². The van der Waals surface area contributed by atoms with E-state index in [4.69, 9.17) is 33.6 Å². The van der Waals surface area contributed by atoms with Crippen molar-refractivity contribution in [3.63, 3.8) is 0 Å². The van der Waals surface area contributed by atoms with E-state index < -0.39 is 90.8 Å². The van der Waals surface area contributed by atoms with Crippen molar-refractivity contribution in [3.8, 4) is 0 Å².